The number of hydrogen-bond donors (Lipinski definition) is 0. The lowest BCUT2D eigenvalue weighted by Gasteiger charge is -2.41. The lowest BCUT2D eigenvalue weighted by molar-refractivity contribution is 0.0197. The Morgan fingerprint density at radius 2 is 1.94 bits per heavy atom. The summed E-state index contributed by atoms with van der Waals surface area (Å²) in [5.74, 6) is 0.693. The second-order valence-corrected chi connectivity index (χ2v) is 5.31. The standard InChI is InChI=1S/C15H20N2O/c1-17-11-12-7-5-6-10-14(12)18-15(17)16-13-8-3-2-4-9-13/h2-4,8-9,12,14H,5-7,10-11H2,1H3/t12-,14+/m0/s1. The van der Waals surface area contributed by atoms with Crippen molar-refractivity contribution in [3.63, 3.8) is 0 Å². The highest BCUT2D eigenvalue weighted by Gasteiger charge is 2.34. The van der Waals surface area contributed by atoms with Crippen LogP contribution in [-0.4, -0.2) is 30.6 Å². The predicted molar refractivity (Wildman–Crippen MR) is 73.0 cm³/mol. The number of amidine groups is 1. The van der Waals surface area contributed by atoms with Crippen LogP contribution in [0, 0.1) is 5.92 Å². The van der Waals surface area contributed by atoms with Crippen molar-refractivity contribution in [1.29, 1.82) is 0 Å². The minimum absolute atomic E-state index is 0.386. The third kappa shape index (κ3) is 2.35. The molecular formula is C15H20N2O. The molecule has 0 N–H and O–H groups in total. The molecule has 3 rings (SSSR count). The highest BCUT2D eigenvalue weighted by molar-refractivity contribution is 5.77. The molecule has 0 amide bonds. The van der Waals surface area contributed by atoms with E-state index in [4.69, 9.17) is 4.74 Å². The van der Waals surface area contributed by atoms with Gasteiger partial charge in [-0.15, -0.1) is 0 Å². The predicted octanol–water partition coefficient (Wildman–Crippen LogP) is 3.19. The van der Waals surface area contributed by atoms with Gasteiger partial charge in [0, 0.05) is 19.5 Å². The van der Waals surface area contributed by atoms with Crippen molar-refractivity contribution in [1.82, 2.24) is 4.90 Å². The van der Waals surface area contributed by atoms with Crippen LogP contribution in [0.1, 0.15) is 25.7 Å². The molecule has 96 valence electrons. The fourth-order valence-corrected chi connectivity index (χ4v) is 2.92. The van der Waals surface area contributed by atoms with Crippen LogP contribution in [0.5, 0.6) is 0 Å². The van der Waals surface area contributed by atoms with Crippen molar-refractivity contribution in [2.45, 2.75) is 31.8 Å². The molecule has 3 nitrogen and oxygen atoms in total. The number of fused-ring (bicyclic) bond motifs is 1. The largest absolute Gasteiger partial charge is 0.461 e. The number of para-hydroxylation sites is 1. The normalized spacial score (nSPS) is 29.8. The van der Waals surface area contributed by atoms with Gasteiger partial charge in [-0.25, -0.2) is 0 Å². The van der Waals surface area contributed by atoms with Gasteiger partial charge >= 0.3 is 0 Å². The molecule has 2 aliphatic rings. The first-order chi connectivity index (χ1) is 8.83. The van der Waals surface area contributed by atoms with Crippen molar-refractivity contribution in [2.75, 3.05) is 13.6 Å². The summed E-state index contributed by atoms with van der Waals surface area (Å²) in [6.45, 7) is 1.08. The summed E-state index contributed by atoms with van der Waals surface area (Å²) in [4.78, 5) is 6.76. The number of rotatable bonds is 1. The van der Waals surface area contributed by atoms with E-state index in [-0.39, 0.29) is 0 Å². The maximum absolute atomic E-state index is 6.08. The Hall–Kier alpha value is -1.51. The van der Waals surface area contributed by atoms with Crippen molar-refractivity contribution >= 4 is 11.7 Å². The Balaban J connectivity index is 1.78. The van der Waals surface area contributed by atoms with Gasteiger partial charge in [0.15, 0.2) is 0 Å². The van der Waals surface area contributed by atoms with Gasteiger partial charge < -0.3 is 9.64 Å². The lowest BCUT2D eigenvalue weighted by Crippen LogP contribution is -2.48. The van der Waals surface area contributed by atoms with Crippen LogP contribution in [0.3, 0.4) is 0 Å². The summed E-state index contributed by atoms with van der Waals surface area (Å²) in [6, 6.07) is 10.8. The molecule has 3 heteroatoms. The summed E-state index contributed by atoms with van der Waals surface area (Å²) in [5, 5.41) is 0. The highest BCUT2D eigenvalue weighted by atomic mass is 16.5. The van der Waals surface area contributed by atoms with Gasteiger partial charge in [0.25, 0.3) is 6.02 Å². The molecule has 1 heterocycles. The summed E-state index contributed by atoms with van der Waals surface area (Å²) >= 11 is 0. The molecule has 2 atom stereocenters. The van der Waals surface area contributed by atoms with E-state index in [9.17, 15) is 0 Å². The van der Waals surface area contributed by atoms with Crippen LogP contribution >= 0.6 is 0 Å². The third-order valence-electron chi connectivity index (χ3n) is 3.91. The molecule has 1 aliphatic carbocycles. The average molecular weight is 244 g/mol. The van der Waals surface area contributed by atoms with Gasteiger partial charge in [0.2, 0.25) is 0 Å². The van der Waals surface area contributed by atoms with Gasteiger partial charge in [-0.2, -0.15) is 4.99 Å². The molecule has 2 fully saturated rings. The zero-order chi connectivity index (χ0) is 12.4. The third-order valence-corrected chi connectivity index (χ3v) is 3.91. The number of ether oxygens (including phenoxy) is 1. The summed E-state index contributed by atoms with van der Waals surface area (Å²) < 4.78 is 6.08. The molecule has 1 aliphatic heterocycles. The maximum Gasteiger partial charge on any atom is 0.292 e. The van der Waals surface area contributed by atoms with Crippen LogP contribution in [0.25, 0.3) is 0 Å². The van der Waals surface area contributed by atoms with E-state index in [0.29, 0.717) is 12.0 Å². The maximum atomic E-state index is 6.08. The lowest BCUT2D eigenvalue weighted by atomic mass is 9.85. The van der Waals surface area contributed by atoms with Crippen molar-refractivity contribution in [3.8, 4) is 0 Å². The van der Waals surface area contributed by atoms with Crippen LogP contribution < -0.4 is 0 Å². The van der Waals surface area contributed by atoms with Crippen molar-refractivity contribution < 1.29 is 4.74 Å². The van der Waals surface area contributed by atoms with Gasteiger partial charge in [-0.3, -0.25) is 0 Å². The van der Waals surface area contributed by atoms with Gasteiger partial charge in [0.05, 0.1) is 5.69 Å². The summed E-state index contributed by atoms with van der Waals surface area (Å²) in [6.07, 6.45) is 5.52. The zero-order valence-corrected chi connectivity index (χ0v) is 10.9. The van der Waals surface area contributed by atoms with Crippen molar-refractivity contribution in [2.24, 2.45) is 10.9 Å². The molecule has 0 unspecified atom stereocenters. The smallest absolute Gasteiger partial charge is 0.292 e. The van der Waals surface area contributed by atoms with E-state index in [0.717, 1.165) is 18.3 Å². The zero-order valence-electron chi connectivity index (χ0n) is 10.9. The first-order valence-corrected chi connectivity index (χ1v) is 6.84. The van der Waals surface area contributed by atoms with Gasteiger partial charge in [0.1, 0.15) is 6.10 Å². The Bertz CT molecular complexity index is 429. The molecular weight excluding hydrogens is 224 g/mol. The fourth-order valence-electron chi connectivity index (χ4n) is 2.92. The van der Waals surface area contributed by atoms with E-state index in [1.54, 1.807) is 0 Å². The average Bonchev–Trinajstić information content (AvgIpc) is 2.41. The molecule has 18 heavy (non-hydrogen) atoms. The molecule has 0 spiro atoms. The molecule has 1 saturated carbocycles. The topological polar surface area (TPSA) is 24.8 Å². The number of nitrogens with zero attached hydrogens (tertiary/aromatic N) is 2. The molecule has 1 aromatic carbocycles. The van der Waals surface area contributed by atoms with Gasteiger partial charge in [-0.1, -0.05) is 24.6 Å². The van der Waals surface area contributed by atoms with E-state index in [1.165, 1.54) is 25.7 Å². The minimum Gasteiger partial charge on any atom is -0.461 e. The fraction of sp³-hybridized carbons (Fsp3) is 0.533. The van der Waals surface area contributed by atoms with Crippen LogP contribution in [-0.2, 0) is 4.74 Å². The SMILES string of the molecule is CN1C[C@@H]2CCCC[C@H]2OC1=Nc1ccccc1. The second kappa shape index (κ2) is 5.01. The second-order valence-electron chi connectivity index (χ2n) is 5.31. The molecule has 1 saturated heterocycles. The molecule has 0 aromatic heterocycles. The van der Waals surface area contributed by atoms with E-state index in [2.05, 4.69) is 16.9 Å². The summed E-state index contributed by atoms with van der Waals surface area (Å²) in [5.41, 5.74) is 0.966. The highest BCUT2D eigenvalue weighted by Crippen LogP contribution is 2.31. The number of benzene rings is 1. The molecule has 0 bridgehead atoms. The first-order valence-electron chi connectivity index (χ1n) is 6.84. The van der Waals surface area contributed by atoms with E-state index < -0.39 is 0 Å². The monoisotopic (exact) mass is 244 g/mol. The van der Waals surface area contributed by atoms with Crippen LogP contribution in [0.15, 0.2) is 35.3 Å². The first kappa shape index (κ1) is 11.6. The van der Waals surface area contributed by atoms with Crippen LogP contribution in [0.4, 0.5) is 5.69 Å². The van der Waals surface area contributed by atoms with E-state index in [1.807, 2.05) is 30.3 Å². The molecule has 1 aromatic rings. The van der Waals surface area contributed by atoms with Gasteiger partial charge in [-0.05, 0) is 31.4 Å². The quantitative estimate of drug-likeness (QED) is 0.758. The van der Waals surface area contributed by atoms with Crippen LogP contribution in [0.2, 0.25) is 0 Å². The Morgan fingerprint density at radius 1 is 1.17 bits per heavy atom. The summed E-state index contributed by atoms with van der Waals surface area (Å²) in [7, 11) is 2.08. The van der Waals surface area contributed by atoms with Crippen molar-refractivity contribution in [3.05, 3.63) is 30.3 Å². The minimum atomic E-state index is 0.386. The number of hydrogen-bond acceptors (Lipinski definition) is 2. The number of aliphatic imine (C=N–C) groups is 1. The molecule has 0 radical (unpaired) electrons. The van der Waals surface area contributed by atoms with E-state index >= 15 is 0 Å². The Labute approximate surface area is 108 Å². The Morgan fingerprint density at radius 3 is 2.78 bits per heavy atom. The Kier molecular flexibility index (Phi) is 3.22.